The van der Waals surface area contributed by atoms with Crippen LogP contribution in [0.15, 0.2) is 59.2 Å². The van der Waals surface area contributed by atoms with Crippen molar-refractivity contribution in [1.82, 2.24) is 9.78 Å². The molecule has 0 atom stereocenters. The van der Waals surface area contributed by atoms with Crippen molar-refractivity contribution in [2.75, 3.05) is 0 Å². The second-order valence-electron chi connectivity index (χ2n) is 4.76. The van der Waals surface area contributed by atoms with Crippen molar-refractivity contribution in [2.24, 2.45) is 0 Å². The van der Waals surface area contributed by atoms with E-state index in [1.54, 1.807) is 10.9 Å². The molecule has 5 heteroatoms. The molecule has 0 aliphatic heterocycles. The minimum Gasteiger partial charge on any atom is -0.222 e. The summed E-state index contributed by atoms with van der Waals surface area (Å²) in [5.41, 5.74) is 3.86. The normalized spacial score (nSPS) is 10.4. The number of halogens is 2. The van der Waals surface area contributed by atoms with Crippen LogP contribution in [0.1, 0.15) is 5.56 Å². The van der Waals surface area contributed by atoms with E-state index in [9.17, 15) is 0 Å². The van der Waals surface area contributed by atoms with Crippen molar-refractivity contribution in [2.45, 2.75) is 6.42 Å². The molecule has 1 heterocycles. The average Bonchev–Trinajstić information content (AvgIpc) is 2.89. The van der Waals surface area contributed by atoms with E-state index >= 15 is 0 Å². The van der Waals surface area contributed by atoms with Gasteiger partial charge in [0.1, 0.15) is 5.15 Å². The fraction of sp³-hybridized carbons (Fsp3) is 0.0588. The lowest BCUT2D eigenvalue weighted by molar-refractivity contribution is 0.881. The van der Waals surface area contributed by atoms with Gasteiger partial charge in [-0.3, -0.25) is 0 Å². The number of rotatable bonds is 3. The Bertz CT molecular complexity index is 847. The highest BCUT2D eigenvalue weighted by atomic mass is 79.9. The first kappa shape index (κ1) is 14.8. The second kappa shape index (κ2) is 6.35. The minimum absolute atomic E-state index is 0.259. The quantitative estimate of drug-likeness (QED) is 0.647. The summed E-state index contributed by atoms with van der Waals surface area (Å²) in [6.07, 6.45) is 1.89. The van der Waals surface area contributed by atoms with Gasteiger partial charge in [0.25, 0.3) is 0 Å². The molecule has 0 unspecified atom stereocenters. The molecule has 108 valence electrons. The van der Waals surface area contributed by atoms with Crippen LogP contribution < -0.4 is 0 Å². The van der Waals surface area contributed by atoms with Crippen LogP contribution in [-0.4, -0.2) is 9.78 Å². The molecule has 0 saturated carbocycles. The number of nitrogens with zero attached hydrogens (tertiary/aromatic N) is 3. The molecule has 3 aromatic rings. The van der Waals surface area contributed by atoms with Gasteiger partial charge in [0.2, 0.25) is 0 Å². The maximum absolute atomic E-state index is 8.76. The van der Waals surface area contributed by atoms with Gasteiger partial charge in [-0.05, 0) is 35.4 Å². The van der Waals surface area contributed by atoms with E-state index in [1.165, 1.54) is 0 Å². The van der Waals surface area contributed by atoms with Crippen molar-refractivity contribution in [3.63, 3.8) is 0 Å². The molecule has 1 aromatic heterocycles. The Morgan fingerprint density at radius 1 is 1.14 bits per heavy atom. The largest absolute Gasteiger partial charge is 0.222 e. The molecule has 22 heavy (non-hydrogen) atoms. The van der Waals surface area contributed by atoms with Crippen LogP contribution in [0.2, 0.25) is 5.15 Å². The van der Waals surface area contributed by atoms with Gasteiger partial charge in [0.15, 0.2) is 0 Å². The molecule has 3 rings (SSSR count). The first-order valence-electron chi connectivity index (χ1n) is 6.65. The van der Waals surface area contributed by atoms with E-state index in [-0.39, 0.29) is 6.42 Å². The molecule has 0 bridgehead atoms. The highest BCUT2D eigenvalue weighted by Gasteiger charge is 2.10. The first-order chi connectivity index (χ1) is 10.7. The standard InChI is InChI=1S/C17H11BrClN3/c18-15-3-1-2-13(10-15)12-4-6-16(7-5-12)22-17(19)14(8-9-20)11-21-22/h1-7,10-11H,8H2. The zero-order valence-corrected chi connectivity index (χ0v) is 13.8. The third-order valence-corrected chi connectivity index (χ3v) is 4.22. The van der Waals surface area contributed by atoms with Crippen LogP contribution in [0.25, 0.3) is 16.8 Å². The highest BCUT2D eigenvalue weighted by Crippen LogP contribution is 2.26. The number of nitriles is 1. The second-order valence-corrected chi connectivity index (χ2v) is 6.04. The summed E-state index contributed by atoms with van der Waals surface area (Å²) in [6, 6.07) is 18.2. The van der Waals surface area contributed by atoms with Crippen LogP contribution in [0.5, 0.6) is 0 Å². The van der Waals surface area contributed by atoms with Crippen LogP contribution in [0.4, 0.5) is 0 Å². The van der Waals surface area contributed by atoms with Crippen molar-refractivity contribution < 1.29 is 0 Å². The number of hydrogen-bond donors (Lipinski definition) is 0. The van der Waals surface area contributed by atoms with Gasteiger partial charge in [0.05, 0.1) is 24.4 Å². The predicted octanol–water partition coefficient (Wildman–Crippen LogP) is 5.02. The molecule has 0 amide bonds. The number of benzene rings is 2. The molecule has 0 fully saturated rings. The summed E-state index contributed by atoms with van der Waals surface area (Å²) >= 11 is 9.74. The zero-order chi connectivity index (χ0) is 15.5. The maximum atomic E-state index is 8.76. The average molecular weight is 373 g/mol. The smallest absolute Gasteiger partial charge is 0.137 e. The van der Waals surface area contributed by atoms with E-state index in [4.69, 9.17) is 16.9 Å². The van der Waals surface area contributed by atoms with E-state index in [0.29, 0.717) is 5.15 Å². The Kier molecular flexibility index (Phi) is 4.28. The SMILES string of the molecule is N#CCc1cnn(-c2ccc(-c3cccc(Br)c3)cc2)c1Cl. The molecule has 0 radical (unpaired) electrons. The van der Waals surface area contributed by atoms with Gasteiger partial charge in [-0.15, -0.1) is 0 Å². The van der Waals surface area contributed by atoms with Gasteiger partial charge in [-0.25, -0.2) is 4.68 Å². The van der Waals surface area contributed by atoms with Gasteiger partial charge >= 0.3 is 0 Å². The van der Waals surface area contributed by atoms with Gasteiger partial charge in [0, 0.05) is 10.0 Å². The van der Waals surface area contributed by atoms with Crippen LogP contribution in [0.3, 0.4) is 0 Å². The van der Waals surface area contributed by atoms with Gasteiger partial charge < -0.3 is 0 Å². The maximum Gasteiger partial charge on any atom is 0.137 e. The molecular formula is C17H11BrClN3. The summed E-state index contributed by atoms with van der Waals surface area (Å²) in [4.78, 5) is 0. The van der Waals surface area contributed by atoms with Crippen molar-refractivity contribution in [3.05, 3.63) is 69.9 Å². The Labute approximate surface area is 141 Å². The lowest BCUT2D eigenvalue weighted by Gasteiger charge is -2.06. The molecule has 0 saturated heterocycles. The molecular weight excluding hydrogens is 362 g/mol. The van der Waals surface area contributed by atoms with Crippen LogP contribution >= 0.6 is 27.5 Å². The molecule has 0 aliphatic rings. The van der Waals surface area contributed by atoms with Crippen molar-refractivity contribution in [3.8, 4) is 22.9 Å². The third-order valence-electron chi connectivity index (χ3n) is 3.32. The minimum atomic E-state index is 0.259. The number of aromatic nitrogens is 2. The Morgan fingerprint density at radius 3 is 2.59 bits per heavy atom. The summed E-state index contributed by atoms with van der Waals surface area (Å²) in [7, 11) is 0. The first-order valence-corrected chi connectivity index (χ1v) is 7.82. The van der Waals surface area contributed by atoms with Crippen LogP contribution in [-0.2, 0) is 6.42 Å². The molecule has 0 N–H and O–H groups in total. The molecule has 0 spiro atoms. The van der Waals surface area contributed by atoms with Crippen molar-refractivity contribution >= 4 is 27.5 Å². The Balaban J connectivity index is 1.93. The fourth-order valence-electron chi connectivity index (χ4n) is 2.21. The summed E-state index contributed by atoms with van der Waals surface area (Å²) in [5.74, 6) is 0. The lowest BCUT2D eigenvalue weighted by Crippen LogP contribution is -1.96. The van der Waals surface area contributed by atoms with E-state index < -0.39 is 0 Å². The summed E-state index contributed by atoms with van der Waals surface area (Å²) in [6.45, 7) is 0. The topological polar surface area (TPSA) is 41.6 Å². The summed E-state index contributed by atoms with van der Waals surface area (Å²) < 4.78 is 2.68. The van der Waals surface area contributed by atoms with Gasteiger partial charge in [-0.2, -0.15) is 10.4 Å². The Morgan fingerprint density at radius 2 is 1.91 bits per heavy atom. The van der Waals surface area contributed by atoms with E-state index in [2.05, 4.69) is 39.2 Å². The zero-order valence-electron chi connectivity index (χ0n) is 11.5. The molecule has 0 aliphatic carbocycles. The predicted molar refractivity (Wildman–Crippen MR) is 91.0 cm³/mol. The molecule has 2 aromatic carbocycles. The molecule has 3 nitrogen and oxygen atoms in total. The summed E-state index contributed by atoms with van der Waals surface area (Å²) in [5, 5.41) is 13.5. The fourth-order valence-corrected chi connectivity index (χ4v) is 2.87. The third kappa shape index (κ3) is 2.92. The van der Waals surface area contributed by atoms with Gasteiger partial charge in [-0.1, -0.05) is 51.8 Å². The monoisotopic (exact) mass is 371 g/mol. The van der Waals surface area contributed by atoms with Crippen molar-refractivity contribution in [1.29, 1.82) is 5.26 Å². The van der Waals surface area contributed by atoms with E-state index in [0.717, 1.165) is 26.9 Å². The van der Waals surface area contributed by atoms with Crippen LogP contribution in [0, 0.1) is 11.3 Å². The lowest BCUT2D eigenvalue weighted by atomic mass is 10.1. The number of hydrogen-bond acceptors (Lipinski definition) is 2. The van der Waals surface area contributed by atoms with E-state index in [1.807, 2.05) is 36.4 Å². The highest BCUT2D eigenvalue weighted by molar-refractivity contribution is 9.10. The Hall–Kier alpha value is -2.09.